The van der Waals surface area contributed by atoms with Gasteiger partial charge in [0.1, 0.15) is 0 Å². The molecule has 0 heteroatoms. The molecule has 2 rings (SSSR count). The molecule has 0 unspecified atom stereocenters. The number of benzene rings is 1. The summed E-state index contributed by atoms with van der Waals surface area (Å²) in [5, 5.41) is 0. The van der Waals surface area contributed by atoms with Crippen molar-refractivity contribution in [2.75, 3.05) is 0 Å². The number of rotatable bonds is 2. The number of aryl methyl sites for hydroxylation is 1. The highest BCUT2D eigenvalue weighted by Crippen LogP contribution is 2.47. The van der Waals surface area contributed by atoms with Gasteiger partial charge in [-0.05, 0) is 65.3 Å². The fraction of sp³-hybridized carbons (Fsp3) is 0.500. The molecule has 0 heterocycles. The van der Waals surface area contributed by atoms with Gasteiger partial charge in [-0.2, -0.15) is 0 Å². The van der Waals surface area contributed by atoms with E-state index in [0.717, 1.165) is 0 Å². The summed E-state index contributed by atoms with van der Waals surface area (Å²) in [6, 6.07) is 4.85. The summed E-state index contributed by atoms with van der Waals surface area (Å²) in [6.45, 7) is 17.8. The summed E-state index contributed by atoms with van der Waals surface area (Å²) in [7, 11) is 0. The Kier molecular flexibility index (Phi) is 3.71. The Morgan fingerprint density at radius 1 is 1.05 bits per heavy atom. The molecule has 0 bridgehead atoms. The first-order valence-electron chi connectivity index (χ1n) is 7.64. The molecule has 108 valence electrons. The summed E-state index contributed by atoms with van der Waals surface area (Å²) >= 11 is 0. The minimum Gasteiger partial charge on any atom is -0.0991 e. The molecule has 0 nitrogen and oxygen atoms in total. The maximum Gasteiger partial charge on any atom is -0.0100 e. The van der Waals surface area contributed by atoms with Crippen molar-refractivity contribution < 1.29 is 0 Å². The van der Waals surface area contributed by atoms with E-state index in [2.05, 4.69) is 66.3 Å². The van der Waals surface area contributed by atoms with Gasteiger partial charge in [0, 0.05) is 0 Å². The Balaban J connectivity index is 2.70. The van der Waals surface area contributed by atoms with Crippen molar-refractivity contribution in [1.29, 1.82) is 0 Å². The lowest BCUT2D eigenvalue weighted by Crippen LogP contribution is -2.34. The fourth-order valence-corrected chi connectivity index (χ4v) is 3.41. The molecule has 0 N–H and O–H groups in total. The van der Waals surface area contributed by atoms with E-state index >= 15 is 0 Å². The highest BCUT2D eigenvalue weighted by molar-refractivity contribution is 5.70. The van der Waals surface area contributed by atoms with E-state index in [4.69, 9.17) is 0 Å². The second kappa shape index (κ2) is 4.91. The SMILES string of the molecule is C=CC=C(C)c1cc2c(cc1C)C(C)(C)CCC2(C)C. The highest BCUT2D eigenvalue weighted by Gasteiger charge is 2.37. The third kappa shape index (κ3) is 2.49. The Morgan fingerprint density at radius 2 is 1.55 bits per heavy atom. The number of fused-ring (bicyclic) bond motifs is 1. The molecule has 0 radical (unpaired) electrons. The lowest BCUT2D eigenvalue weighted by molar-refractivity contribution is 0.331. The van der Waals surface area contributed by atoms with E-state index in [-0.39, 0.29) is 5.41 Å². The summed E-state index contributed by atoms with van der Waals surface area (Å²) in [4.78, 5) is 0. The van der Waals surface area contributed by atoms with Gasteiger partial charge in [-0.1, -0.05) is 58.6 Å². The van der Waals surface area contributed by atoms with Crippen molar-refractivity contribution in [2.45, 2.75) is 65.2 Å². The minimum absolute atomic E-state index is 0.280. The molecule has 1 aromatic carbocycles. The van der Waals surface area contributed by atoms with Crippen LogP contribution in [0.4, 0.5) is 0 Å². The fourth-order valence-electron chi connectivity index (χ4n) is 3.41. The van der Waals surface area contributed by atoms with E-state index in [1.54, 1.807) is 5.56 Å². The van der Waals surface area contributed by atoms with Crippen molar-refractivity contribution in [3.8, 4) is 0 Å². The Bertz CT molecular complexity index is 568. The van der Waals surface area contributed by atoms with Crippen LogP contribution in [0.25, 0.3) is 5.57 Å². The third-order valence-electron chi connectivity index (χ3n) is 4.99. The Labute approximate surface area is 124 Å². The van der Waals surface area contributed by atoms with Crippen molar-refractivity contribution in [1.82, 2.24) is 0 Å². The van der Waals surface area contributed by atoms with Crippen LogP contribution in [0.2, 0.25) is 0 Å². The first-order chi connectivity index (χ1) is 9.19. The zero-order valence-corrected chi connectivity index (χ0v) is 13.9. The molecule has 0 saturated carbocycles. The van der Waals surface area contributed by atoms with Crippen molar-refractivity contribution in [3.63, 3.8) is 0 Å². The lowest BCUT2D eigenvalue weighted by atomic mass is 9.62. The highest BCUT2D eigenvalue weighted by atomic mass is 14.4. The van der Waals surface area contributed by atoms with Gasteiger partial charge in [-0.15, -0.1) is 0 Å². The second-order valence-corrected chi connectivity index (χ2v) is 7.57. The van der Waals surface area contributed by atoms with Crippen LogP contribution in [0, 0.1) is 6.92 Å². The van der Waals surface area contributed by atoms with Gasteiger partial charge in [-0.25, -0.2) is 0 Å². The standard InChI is InChI=1S/C20H28/c1-8-9-14(2)16-13-18-17(12-15(16)3)19(4,5)10-11-20(18,6)7/h8-9,12-13H,1,10-11H2,2-7H3. The minimum atomic E-state index is 0.280. The first-order valence-corrected chi connectivity index (χ1v) is 7.64. The van der Waals surface area contributed by atoms with Crippen LogP contribution in [-0.2, 0) is 10.8 Å². The van der Waals surface area contributed by atoms with Gasteiger partial charge in [0.15, 0.2) is 0 Å². The zero-order chi connectivity index (χ0) is 15.1. The van der Waals surface area contributed by atoms with Gasteiger partial charge >= 0.3 is 0 Å². The van der Waals surface area contributed by atoms with Gasteiger partial charge in [0.2, 0.25) is 0 Å². The quantitative estimate of drug-likeness (QED) is 0.583. The Morgan fingerprint density at radius 3 is 2.05 bits per heavy atom. The average Bonchev–Trinajstić information content (AvgIpc) is 2.35. The molecule has 0 aromatic heterocycles. The molecule has 1 aromatic rings. The van der Waals surface area contributed by atoms with Gasteiger partial charge < -0.3 is 0 Å². The molecule has 0 spiro atoms. The molecule has 0 aliphatic heterocycles. The summed E-state index contributed by atoms with van der Waals surface area (Å²) in [6.07, 6.45) is 6.52. The van der Waals surface area contributed by atoms with Crippen molar-refractivity contribution in [2.24, 2.45) is 0 Å². The molecule has 0 atom stereocenters. The van der Waals surface area contributed by atoms with Crippen LogP contribution in [0.1, 0.15) is 69.7 Å². The van der Waals surface area contributed by atoms with Crippen LogP contribution in [0.15, 0.2) is 30.9 Å². The van der Waals surface area contributed by atoms with Crippen LogP contribution in [0.5, 0.6) is 0 Å². The molecule has 1 aliphatic carbocycles. The van der Waals surface area contributed by atoms with E-state index in [1.807, 2.05) is 6.08 Å². The lowest BCUT2D eigenvalue weighted by Gasteiger charge is -2.42. The molecule has 20 heavy (non-hydrogen) atoms. The van der Waals surface area contributed by atoms with Gasteiger partial charge in [-0.3, -0.25) is 0 Å². The molecular formula is C20H28. The second-order valence-electron chi connectivity index (χ2n) is 7.57. The van der Waals surface area contributed by atoms with Crippen LogP contribution >= 0.6 is 0 Å². The third-order valence-corrected chi connectivity index (χ3v) is 4.99. The van der Waals surface area contributed by atoms with E-state index in [9.17, 15) is 0 Å². The largest absolute Gasteiger partial charge is 0.0991 e. The van der Waals surface area contributed by atoms with Gasteiger partial charge in [0.25, 0.3) is 0 Å². The number of hydrogen-bond acceptors (Lipinski definition) is 0. The zero-order valence-electron chi connectivity index (χ0n) is 13.9. The monoisotopic (exact) mass is 268 g/mol. The smallest absolute Gasteiger partial charge is 0.0100 e. The average molecular weight is 268 g/mol. The maximum absolute atomic E-state index is 3.82. The molecule has 0 amide bonds. The topological polar surface area (TPSA) is 0 Å². The number of hydrogen-bond donors (Lipinski definition) is 0. The molecular weight excluding hydrogens is 240 g/mol. The Hall–Kier alpha value is -1.30. The van der Waals surface area contributed by atoms with Crippen LogP contribution in [-0.4, -0.2) is 0 Å². The van der Waals surface area contributed by atoms with E-state index < -0.39 is 0 Å². The van der Waals surface area contributed by atoms with Crippen molar-refractivity contribution >= 4 is 5.57 Å². The molecule has 1 aliphatic rings. The summed E-state index contributed by atoms with van der Waals surface area (Å²) in [5.41, 5.74) is 7.71. The molecule has 0 saturated heterocycles. The van der Waals surface area contributed by atoms with E-state index in [1.165, 1.54) is 35.1 Å². The van der Waals surface area contributed by atoms with Crippen LogP contribution in [0.3, 0.4) is 0 Å². The maximum atomic E-state index is 3.82. The first kappa shape index (κ1) is 15.1. The normalized spacial score (nSPS) is 20.4. The van der Waals surface area contributed by atoms with Crippen molar-refractivity contribution in [3.05, 3.63) is 53.1 Å². The summed E-state index contributed by atoms with van der Waals surface area (Å²) in [5.74, 6) is 0. The summed E-state index contributed by atoms with van der Waals surface area (Å²) < 4.78 is 0. The predicted octanol–water partition coefficient (Wildman–Crippen LogP) is 5.93. The van der Waals surface area contributed by atoms with Gasteiger partial charge in [0.05, 0.1) is 0 Å². The van der Waals surface area contributed by atoms with E-state index in [0.29, 0.717) is 5.41 Å². The number of allylic oxidation sites excluding steroid dienone is 3. The van der Waals surface area contributed by atoms with Crippen LogP contribution < -0.4 is 0 Å². The predicted molar refractivity (Wildman–Crippen MR) is 90.3 cm³/mol. The molecule has 0 fully saturated rings.